The molecule has 1 aromatic rings. The van der Waals surface area contributed by atoms with Gasteiger partial charge in [-0.15, -0.1) is 0 Å². The summed E-state index contributed by atoms with van der Waals surface area (Å²) in [6, 6.07) is 3.35. The molecule has 1 aliphatic rings. The van der Waals surface area contributed by atoms with E-state index in [1.54, 1.807) is 32.4 Å². The van der Waals surface area contributed by atoms with Crippen molar-refractivity contribution in [3.63, 3.8) is 0 Å². The number of rotatable bonds is 4. The summed E-state index contributed by atoms with van der Waals surface area (Å²) in [5.74, 6) is 0.916. The molecule has 5 nitrogen and oxygen atoms in total. The van der Waals surface area contributed by atoms with Gasteiger partial charge in [0.05, 0.1) is 23.6 Å². The Labute approximate surface area is 141 Å². The first-order chi connectivity index (χ1) is 10.4. The number of nitrogens with zero attached hydrogens (tertiary/aromatic N) is 1. The van der Waals surface area contributed by atoms with E-state index in [2.05, 4.69) is 15.9 Å². The number of benzene rings is 1. The van der Waals surface area contributed by atoms with Gasteiger partial charge in [0, 0.05) is 17.7 Å². The van der Waals surface area contributed by atoms with E-state index >= 15 is 0 Å². The molecule has 7 heteroatoms. The minimum absolute atomic E-state index is 0.164. The molecular weight excluding hydrogens is 370 g/mol. The summed E-state index contributed by atoms with van der Waals surface area (Å²) in [7, 11) is 3.10. The van der Waals surface area contributed by atoms with Crippen LogP contribution in [0.3, 0.4) is 0 Å². The minimum atomic E-state index is -0.279. The highest BCUT2D eigenvalue weighted by Gasteiger charge is 2.36. The van der Waals surface area contributed by atoms with E-state index in [0.717, 1.165) is 16.2 Å². The molecule has 0 N–H and O–H groups in total. The molecular formula is C15H16BrNO4S. The largest absolute Gasteiger partial charge is 0.496 e. The fourth-order valence-corrected chi connectivity index (χ4v) is 3.54. The third kappa shape index (κ3) is 3.15. The molecule has 1 aromatic carbocycles. The van der Waals surface area contributed by atoms with Crippen molar-refractivity contribution in [2.24, 2.45) is 0 Å². The van der Waals surface area contributed by atoms with Crippen LogP contribution in [0.25, 0.3) is 6.08 Å². The van der Waals surface area contributed by atoms with Crippen LogP contribution in [-0.2, 0) is 4.79 Å². The van der Waals surface area contributed by atoms with Crippen LogP contribution in [0.15, 0.2) is 21.5 Å². The standard InChI is InChI=1S/C15H16BrNO4S/c1-8(2)17-14(18)13(22-15(17)19)6-9-5-10(16)12(21-4)7-11(9)20-3/h5-8H,1-4H3/b13-6+. The number of methoxy groups -OCH3 is 2. The molecule has 118 valence electrons. The Bertz CT molecular complexity index is 657. The molecule has 0 spiro atoms. The summed E-state index contributed by atoms with van der Waals surface area (Å²) in [4.78, 5) is 25.9. The third-order valence-corrected chi connectivity index (χ3v) is 4.63. The molecule has 1 aliphatic heterocycles. The van der Waals surface area contributed by atoms with Gasteiger partial charge in [-0.05, 0) is 53.7 Å². The Balaban J connectivity index is 2.44. The Morgan fingerprint density at radius 2 is 1.82 bits per heavy atom. The van der Waals surface area contributed by atoms with Crippen molar-refractivity contribution in [2.75, 3.05) is 14.2 Å². The summed E-state index contributed by atoms with van der Waals surface area (Å²) in [6.07, 6.45) is 1.66. The van der Waals surface area contributed by atoms with E-state index < -0.39 is 0 Å². The van der Waals surface area contributed by atoms with Crippen molar-refractivity contribution in [2.45, 2.75) is 19.9 Å². The highest BCUT2D eigenvalue weighted by Crippen LogP contribution is 2.38. The average Bonchev–Trinajstić information content (AvgIpc) is 2.73. The maximum Gasteiger partial charge on any atom is 0.293 e. The molecule has 0 unspecified atom stereocenters. The van der Waals surface area contributed by atoms with E-state index in [-0.39, 0.29) is 17.2 Å². The van der Waals surface area contributed by atoms with Crippen molar-refractivity contribution >= 4 is 44.9 Å². The van der Waals surface area contributed by atoms with Crippen molar-refractivity contribution in [1.29, 1.82) is 0 Å². The number of amides is 2. The molecule has 0 atom stereocenters. The number of ether oxygens (including phenoxy) is 2. The van der Waals surface area contributed by atoms with Gasteiger partial charge in [-0.25, -0.2) is 0 Å². The molecule has 1 fully saturated rings. The van der Waals surface area contributed by atoms with Crippen LogP contribution >= 0.6 is 27.7 Å². The number of carbonyl (C=O) groups excluding carboxylic acids is 2. The topological polar surface area (TPSA) is 55.8 Å². The molecule has 1 heterocycles. The van der Waals surface area contributed by atoms with Crippen molar-refractivity contribution in [1.82, 2.24) is 4.90 Å². The van der Waals surface area contributed by atoms with Crippen molar-refractivity contribution < 1.29 is 19.1 Å². The predicted octanol–water partition coefficient (Wildman–Crippen LogP) is 3.91. The summed E-state index contributed by atoms with van der Waals surface area (Å²) >= 11 is 4.34. The van der Waals surface area contributed by atoms with Crippen LogP contribution in [0.1, 0.15) is 19.4 Å². The Kier molecular flexibility index (Phi) is 5.18. The third-order valence-electron chi connectivity index (χ3n) is 3.13. The van der Waals surface area contributed by atoms with Gasteiger partial charge in [0.1, 0.15) is 11.5 Å². The van der Waals surface area contributed by atoms with Gasteiger partial charge >= 0.3 is 0 Å². The SMILES string of the molecule is COc1cc(OC)c(/C=C2/SC(=O)N(C(C)C)C2=O)cc1Br. The zero-order chi connectivity index (χ0) is 16.4. The Hall–Kier alpha value is -1.47. The van der Waals surface area contributed by atoms with Crippen LogP contribution in [0.2, 0.25) is 0 Å². The number of halogens is 1. The summed E-state index contributed by atoms with van der Waals surface area (Å²) in [6.45, 7) is 3.62. The van der Waals surface area contributed by atoms with Gasteiger partial charge in [-0.1, -0.05) is 0 Å². The van der Waals surface area contributed by atoms with E-state index in [0.29, 0.717) is 22.0 Å². The Morgan fingerprint density at radius 3 is 2.32 bits per heavy atom. The lowest BCUT2D eigenvalue weighted by atomic mass is 10.1. The predicted molar refractivity (Wildman–Crippen MR) is 90.2 cm³/mol. The number of hydrogen-bond donors (Lipinski definition) is 0. The second-order valence-electron chi connectivity index (χ2n) is 4.87. The summed E-state index contributed by atoms with van der Waals surface area (Å²) < 4.78 is 11.3. The highest BCUT2D eigenvalue weighted by molar-refractivity contribution is 9.10. The zero-order valence-corrected chi connectivity index (χ0v) is 15.1. The van der Waals surface area contributed by atoms with Crippen LogP contribution in [0.4, 0.5) is 4.79 Å². The number of hydrogen-bond acceptors (Lipinski definition) is 5. The molecule has 0 aliphatic carbocycles. The van der Waals surface area contributed by atoms with Crippen LogP contribution in [-0.4, -0.2) is 36.3 Å². The van der Waals surface area contributed by atoms with Crippen LogP contribution in [0, 0.1) is 0 Å². The zero-order valence-electron chi connectivity index (χ0n) is 12.7. The van der Waals surface area contributed by atoms with E-state index in [1.807, 2.05) is 13.8 Å². The summed E-state index contributed by atoms with van der Waals surface area (Å²) in [5, 5.41) is -0.252. The number of imide groups is 1. The van der Waals surface area contributed by atoms with Gasteiger partial charge in [0.15, 0.2) is 0 Å². The first kappa shape index (κ1) is 16.9. The average molecular weight is 386 g/mol. The lowest BCUT2D eigenvalue weighted by molar-refractivity contribution is -0.123. The van der Waals surface area contributed by atoms with Crippen molar-refractivity contribution in [3.05, 3.63) is 27.1 Å². The maximum absolute atomic E-state index is 12.3. The molecule has 0 radical (unpaired) electrons. The van der Waals surface area contributed by atoms with Crippen LogP contribution < -0.4 is 9.47 Å². The molecule has 0 saturated carbocycles. The minimum Gasteiger partial charge on any atom is -0.496 e. The second kappa shape index (κ2) is 6.75. The Morgan fingerprint density at radius 1 is 1.18 bits per heavy atom. The maximum atomic E-state index is 12.3. The van der Waals surface area contributed by atoms with E-state index in [4.69, 9.17) is 9.47 Å². The molecule has 2 rings (SSSR count). The first-order valence-corrected chi connectivity index (χ1v) is 8.18. The lowest BCUT2D eigenvalue weighted by Crippen LogP contribution is -2.34. The number of thioether (sulfide) groups is 1. The highest BCUT2D eigenvalue weighted by atomic mass is 79.9. The fourth-order valence-electron chi connectivity index (χ4n) is 2.06. The molecule has 0 bridgehead atoms. The fraction of sp³-hybridized carbons (Fsp3) is 0.333. The quantitative estimate of drug-likeness (QED) is 0.735. The van der Waals surface area contributed by atoms with Gasteiger partial charge in [-0.3, -0.25) is 14.5 Å². The van der Waals surface area contributed by atoms with Gasteiger partial charge in [-0.2, -0.15) is 0 Å². The van der Waals surface area contributed by atoms with Crippen molar-refractivity contribution in [3.8, 4) is 11.5 Å². The van der Waals surface area contributed by atoms with E-state index in [1.165, 1.54) is 4.90 Å². The smallest absolute Gasteiger partial charge is 0.293 e. The second-order valence-corrected chi connectivity index (χ2v) is 6.72. The molecule has 22 heavy (non-hydrogen) atoms. The van der Waals surface area contributed by atoms with Gasteiger partial charge < -0.3 is 9.47 Å². The lowest BCUT2D eigenvalue weighted by Gasteiger charge is -2.16. The van der Waals surface area contributed by atoms with E-state index in [9.17, 15) is 9.59 Å². The molecule has 0 aromatic heterocycles. The van der Waals surface area contributed by atoms with Gasteiger partial charge in [0.2, 0.25) is 0 Å². The molecule has 2 amide bonds. The number of carbonyl (C=O) groups is 2. The first-order valence-electron chi connectivity index (χ1n) is 6.57. The van der Waals surface area contributed by atoms with Crippen LogP contribution in [0.5, 0.6) is 11.5 Å². The normalized spacial score (nSPS) is 16.8. The molecule has 1 saturated heterocycles. The summed E-state index contributed by atoms with van der Waals surface area (Å²) in [5.41, 5.74) is 0.699. The monoisotopic (exact) mass is 385 g/mol. The van der Waals surface area contributed by atoms with Gasteiger partial charge in [0.25, 0.3) is 11.1 Å².